The van der Waals surface area contributed by atoms with Crippen molar-refractivity contribution in [3.63, 3.8) is 0 Å². The van der Waals surface area contributed by atoms with E-state index in [1.807, 2.05) is 17.2 Å². The molecule has 1 saturated heterocycles. The molecule has 5 nitrogen and oxygen atoms in total. The van der Waals surface area contributed by atoms with E-state index in [0.29, 0.717) is 13.2 Å². The van der Waals surface area contributed by atoms with Gasteiger partial charge in [-0.25, -0.2) is 0 Å². The van der Waals surface area contributed by atoms with Crippen LogP contribution >= 0.6 is 0 Å². The fraction of sp³-hybridized carbons (Fsp3) is 0.478. The van der Waals surface area contributed by atoms with E-state index in [1.54, 1.807) is 0 Å². The van der Waals surface area contributed by atoms with Gasteiger partial charge in [0, 0.05) is 32.7 Å². The van der Waals surface area contributed by atoms with Gasteiger partial charge in [-0.1, -0.05) is 36.4 Å². The lowest BCUT2D eigenvalue weighted by Crippen LogP contribution is -2.37. The van der Waals surface area contributed by atoms with Crippen LogP contribution < -0.4 is 4.74 Å². The van der Waals surface area contributed by atoms with E-state index in [1.165, 1.54) is 16.7 Å². The van der Waals surface area contributed by atoms with Crippen molar-refractivity contribution in [3.05, 3.63) is 65.2 Å². The van der Waals surface area contributed by atoms with Crippen molar-refractivity contribution in [2.75, 3.05) is 39.4 Å². The van der Waals surface area contributed by atoms with Crippen molar-refractivity contribution in [3.8, 4) is 5.75 Å². The van der Waals surface area contributed by atoms with Gasteiger partial charge < -0.3 is 9.84 Å². The summed E-state index contributed by atoms with van der Waals surface area (Å²) in [6.07, 6.45) is 2.71. The molecule has 1 fully saturated rings. The van der Waals surface area contributed by atoms with Gasteiger partial charge in [0.15, 0.2) is 0 Å². The lowest BCUT2D eigenvalue weighted by atomic mass is 10.0. The zero-order valence-electron chi connectivity index (χ0n) is 16.4. The highest BCUT2D eigenvalue weighted by Crippen LogP contribution is 2.17. The average Bonchev–Trinajstić information content (AvgIpc) is 3.15. The van der Waals surface area contributed by atoms with E-state index in [2.05, 4.69) is 41.3 Å². The van der Waals surface area contributed by atoms with Crippen LogP contribution in [0.3, 0.4) is 0 Å². The van der Waals surface area contributed by atoms with Crippen molar-refractivity contribution in [2.45, 2.75) is 31.9 Å². The minimum absolute atomic E-state index is 0.317. The van der Waals surface area contributed by atoms with Gasteiger partial charge in [-0.05, 0) is 48.1 Å². The van der Waals surface area contributed by atoms with E-state index in [-0.39, 0.29) is 0 Å². The topological polar surface area (TPSA) is 45.2 Å². The van der Waals surface area contributed by atoms with Gasteiger partial charge in [-0.3, -0.25) is 9.74 Å². The molecule has 2 heterocycles. The number of aliphatic hydroxyl groups excluding tert-OH is 1. The largest absolute Gasteiger partial charge is 0.491 e. The fourth-order valence-corrected chi connectivity index (χ4v) is 3.96. The van der Waals surface area contributed by atoms with Crippen LogP contribution in [0.15, 0.2) is 48.5 Å². The standard InChI is InChI=1S/C23H30N2O3/c26-22(17-24-13-10-20-4-1-2-5-21(20)11-14-24)18-27-23-8-6-19(7-9-23)16-25-12-3-15-28-25/h1-2,4-9,22,26H,3,10-18H2. The molecule has 0 spiro atoms. The van der Waals surface area contributed by atoms with Crippen molar-refractivity contribution in [1.82, 2.24) is 9.96 Å². The third kappa shape index (κ3) is 5.32. The molecular weight excluding hydrogens is 352 g/mol. The molecule has 2 aliphatic heterocycles. The minimum Gasteiger partial charge on any atom is -0.491 e. The first-order valence-electron chi connectivity index (χ1n) is 10.3. The second kappa shape index (κ2) is 9.52. The molecule has 1 unspecified atom stereocenters. The quantitative estimate of drug-likeness (QED) is 0.798. The molecule has 28 heavy (non-hydrogen) atoms. The van der Waals surface area contributed by atoms with Gasteiger partial charge in [0.1, 0.15) is 18.5 Å². The molecule has 1 N–H and O–H groups in total. The number of aliphatic hydroxyl groups is 1. The van der Waals surface area contributed by atoms with Gasteiger partial charge in [0.2, 0.25) is 0 Å². The number of hydrogen-bond donors (Lipinski definition) is 1. The lowest BCUT2D eigenvalue weighted by molar-refractivity contribution is -0.117. The van der Waals surface area contributed by atoms with Crippen LogP contribution in [0.5, 0.6) is 5.75 Å². The maximum Gasteiger partial charge on any atom is 0.119 e. The minimum atomic E-state index is -0.487. The fourth-order valence-electron chi connectivity index (χ4n) is 3.96. The predicted molar refractivity (Wildman–Crippen MR) is 109 cm³/mol. The Labute approximate surface area is 167 Å². The summed E-state index contributed by atoms with van der Waals surface area (Å²) >= 11 is 0. The molecule has 0 amide bonds. The highest BCUT2D eigenvalue weighted by molar-refractivity contribution is 5.29. The molecule has 2 aromatic rings. The van der Waals surface area contributed by atoms with Crippen LogP contribution in [0.4, 0.5) is 0 Å². The van der Waals surface area contributed by atoms with Gasteiger partial charge >= 0.3 is 0 Å². The van der Waals surface area contributed by atoms with Gasteiger partial charge in [-0.2, -0.15) is 5.06 Å². The van der Waals surface area contributed by atoms with Gasteiger partial charge in [0.25, 0.3) is 0 Å². The third-order valence-corrected chi connectivity index (χ3v) is 5.53. The van der Waals surface area contributed by atoms with Crippen molar-refractivity contribution >= 4 is 0 Å². The van der Waals surface area contributed by atoms with E-state index >= 15 is 0 Å². The summed E-state index contributed by atoms with van der Waals surface area (Å²) in [5.41, 5.74) is 4.09. The Bertz CT molecular complexity index is 717. The zero-order chi connectivity index (χ0) is 19.2. The Kier molecular flexibility index (Phi) is 6.60. The van der Waals surface area contributed by atoms with Crippen LogP contribution in [0.1, 0.15) is 23.1 Å². The highest BCUT2D eigenvalue weighted by atomic mass is 16.7. The van der Waals surface area contributed by atoms with Crippen LogP contribution in [0.25, 0.3) is 0 Å². The van der Waals surface area contributed by atoms with Crippen LogP contribution in [0.2, 0.25) is 0 Å². The Hall–Kier alpha value is -1.92. The second-order valence-corrected chi connectivity index (χ2v) is 7.73. The number of fused-ring (bicyclic) bond motifs is 1. The van der Waals surface area contributed by atoms with Crippen molar-refractivity contribution in [2.24, 2.45) is 0 Å². The number of rotatable bonds is 7. The average molecular weight is 383 g/mol. The first-order chi connectivity index (χ1) is 13.8. The molecular formula is C23H30N2O3. The number of hydrogen-bond acceptors (Lipinski definition) is 5. The Morgan fingerprint density at radius 2 is 1.68 bits per heavy atom. The van der Waals surface area contributed by atoms with Gasteiger partial charge in [0.05, 0.1) is 6.61 Å². The van der Waals surface area contributed by atoms with Gasteiger partial charge in [-0.15, -0.1) is 0 Å². The molecule has 0 radical (unpaired) electrons. The summed E-state index contributed by atoms with van der Waals surface area (Å²) in [4.78, 5) is 7.87. The summed E-state index contributed by atoms with van der Waals surface area (Å²) in [6.45, 7) is 5.56. The Morgan fingerprint density at radius 3 is 2.32 bits per heavy atom. The summed E-state index contributed by atoms with van der Waals surface area (Å²) in [7, 11) is 0. The van der Waals surface area contributed by atoms with Crippen LogP contribution in [0, 0.1) is 0 Å². The molecule has 5 heteroatoms. The van der Waals surface area contributed by atoms with E-state index < -0.39 is 6.10 Å². The van der Waals surface area contributed by atoms with E-state index in [0.717, 1.165) is 57.8 Å². The molecule has 150 valence electrons. The highest BCUT2D eigenvalue weighted by Gasteiger charge is 2.17. The SMILES string of the molecule is OC(COc1ccc(CN2CCCO2)cc1)CN1CCc2ccccc2CC1. The Balaban J connectivity index is 1.20. The monoisotopic (exact) mass is 382 g/mol. The smallest absolute Gasteiger partial charge is 0.119 e. The summed E-state index contributed by atoms with van der Waals surface area (Å²) < 4.78 is 5.81. The second-order valence-electron chi connectivity index (χ2n) is 7.73. The Morgan fingerprint density at radius 1 is 0.964 bits per heavy atom. The first-order valence-corrected chi connectivity index (χ1v) is 10.3. The molecule has 4 rings (SSSR count). The van der Waals surface area contributed by atoms with Crippen molar-refractivity contribution < 1.29 is 14.7 Å². The maximum atomic E-state index is 10.4. The molecule has 2 aliphatic rings. The van der Waals surface area contributed by atoms with Crippen LogP contribution in [-0.2, 0) is 24.2 Å². The molecule has 0 saturated carbocycles. The van der Waals surface area contributed by atoms with E-state index in [4.69, 9.17) is 9.57 Å². The normalized spacial score (nSPS) is 19.2. The summed E-state index contributed by atoms with van der Waals surface area (Å²) in [5, 5.41) is 12.4. The number of β-amino-alcohol motifs (C(OH)–C–C–N with tert-alkyl or cyclic N) is 1. The molecule has 1 atom stereocenters. The maximum absolute atomic E-state index is 10.4. The summed E-state index contributed by atoms with van der Waals surface area (Å²) in [6, 6.07) is 16.7. The predicted octanol–water partition coefficient (Wildman–Crippen LogP) is 2.66. The number of ether oxygens (including phenoxy) is 1. The zero-order valence-corrected chi connectivity index (χ0v) is 16.4. The van der Waals surface area contributed by atoms with E-state index in [9.17, 15) is 5.11 Å². The first kappa shape index (κ1) is 19.4. The number of nitrogens with zero attached hydrogens (tertiary/aromatic N) is 2. The third-order valence-electron chi connectivity index (χ3n) is 5.53. The number of benzene rings is 2. The molecule has 2 aromatic carbocycles. The summed E-state index contributed by atoms with van der Waals surface area (Å²) in [5.74, 6) is 0.799. The molecule has 0 aromatic heterocycles. The molecule has 0 aliphatic carbocycles. The van der Waals surface area contributed by atoms with Crippen molar-refractivity contribution in [1.29, 1.82) is 0 Å². The number of hydroxylamine groups is 2. The lowest BCUT2D eigenvalue weighted by Gasteiger charge is -2.23. The molecule has 0 bridgehead atoms. The van der Waals surface area contributed by atoms with Crippen LogP contribution in [-0.4, -0.2) is 60.6 Å².